The lowest BCUT2D eigenvalue weighted by Gasteiger charge is -2.00. The Hall–Kier alpha value is -2.10. The third kappa shape index (κ3) is 2.59. The molecule has 0 amide bonds. The zero-order valence-electron chi connectivity index (χ0n) is 10.6. The van der Waals surface area contributed by atoms with Gasteiger partial charge in [-0.05, 0) is 24.5 Å². The van der Waals surface area contributed by atoms with Crippen LogP contribution in [0.2, 0.25) is 0 Å². The molecule has 0 bridgehead atoms. The lowest BCUT2D eigenvalue weighted by molar-refractivity contribution is -0.137. The highest BCUT2D eigenvalue weighted by molar-refractivity contribution is 5.68. The van der Waals surface area contributed by atoms with E-state index in [1.54, 1.807) is 6.20 Å². The second-order valence-corrected chi connectivity index (χ2v) is 4.27. The number of benzene rings is 1. The standard InChI is InChI=1S/C14H16N2O2/c1-3-11-4-6-12(7-5-11)13-8-16(9-14(17)18)15-10(13)2/h4-8H,3,9H2,1-2H3,(H,17,18). The number of hydrogen-bond donors (Lipinski definition) is 1. The molecule has 0 aliphatic heterocycles. The summed E-state index contributed by atoms with van der Waals surface area (Å²) in [5, 5.41) is 13.0. The van der Waals surface area contributed by atoms with Crippen molar-refractivity contribution in [3.63, 3.8) is 0 Å². The van der Waals surface area contributed by atoms with Crippen LogP contribution >= 0.6 is 0 Å². The Morgan fingerprint density at radius 2 is 2.00 bits per heavy atom. The lowest BCUT2D eigenvalue weighted by atomic mass is 10.0. The minimum Gasteiger partial charge on any atom is -0.480 e. The van der Waals surface area contributed by atoms with Crippen molar-refractivity contribution in [2.24, 2.45) is 0 Å². The molecule has 1 heterocycles. The van der Waals surface area contributed by atoms with E-state index >= 15 is 0 Å². The minimum atomic E-state index is -0.884. The normalized spacial score (nSPS) is 10.6. The first-order valence-electron chi connectivity index (χ1n) is 5.95. The van der Waals surface area contributed by atoms with Gasteiger partial charge in [0.1, 0.15) is 6.54 Å². The number of carboxylic acid groups (broad SMARTS) is 1. The number of rotatable bonds is 4. The molecule has 0 saturated carbocycles. The fraction of sp³-hybridized carbons (Fsp3) is 0.286. The highest BCUT2D eigenvalue weighted by Crippen LogP contribution is 2.23. The zero-order valence-corrected chi connectivity index (χ0v) is 10.6. The van der Waals surface area contributed by atoms with Crippen LogP contribution in [0.1, 0.15) is 18.2 Å². The Labute approximate surface area is 106 Å². The van der Waals surface area contributed by atoms with Crippen LogP contribution in [-0.2, 0) is 17.8 Å². The largest absolute Gasteiger partial charge is 0.480 e. The van der Waals surface area contributed by atoms with Crippen molar-refractivity contribution in [2.45, 2.75) is 26.8 Å². The van der Waals surface area contributed by atoms with Gasteiger partial charge in [-0.25, -0.2) is 0 Å². The first kappa shape index (κ1) is 12.4. The maximum absolute atomic E-state index is 10.6. The van der Waals surface area contributed by atoms with E-state index in [4.69, 9.17) is 5.11 Å². The average Bonchev–Trinajstić information content (AvgIpc) is 2.69. The van der Waals surface area contributed by atoms with Crippen LogP contribution in [0.3, 0.4) is 0 Å². The molecule has 18 heavy (non-hydrogen) atoms. The second kappa shape index (κ2) is 5.04. The fourth-order valence-corrected chi connectivity index (χ4v) is 1.94. The number of nitrogens with zero attached hydrogens (tertiary/aromatic N) is 2. The molecule has 0 radical (unpaired) electrons. The van der Waals surface area contributed by atoms with Crippen LogP contribution in [0.25, 0.3) is 11.1 Å². The van der Waals surface area contributed by atoms with Gasteiger partial charge < -0.3 is 5.11 Å². The third-order valence-electron chi connectivity index (χ3n) is 2.92. The summed E-state index contributed by atoms with van der Waals surface area (Å²) in [5.41, 5.74) is 4.19. The van der Waals surface area contributed by atoms with Gasteiger partial charge in [0, 0.05) is 11.8 Å². The Morgan fingerprint density at radius 1 is 1.33 bits per heavy atom. The highest BCUT2D eigenvalue weighted by atomic mass is 16.4. The van der Waals surface area contributed by atoms with Crippen molar-refractivity contribution < 1.29 is 9.90 Å². The predicted molar refractivity (Wildman–Crippen MR) is 69.4 cm³/mol. The van der Waals surface area contributed by atoms with Gasteiger partial charge in [0.15, 0.2) is 0 Å². The summed E-state index contributed by atoms with van der Waals surface area (Å²) in [6.07, 6.45) is 2.79. The first-order valence-corrected chi connectivity index (χ1v) is 5.95. The second-order valence-electron chi connectivity index (χ2n) is 4.27. The van der Waals surface area contributed by atoms with Crippen LogP contribution in [0.4, 0.5) is 0 Å². The summed E-state index contributed by atoms with van der Waals surface area (Å²) in [4.78, 5) is 10.6. The van der Waals surface area contributed by atoms with Crippen LogP contribution in [0.15, 0.2) is 30.5 Å². The summed E-state index contributed by atoms with van der Waals surface area (Å²) in [6, 6.07) is 8.27. The molecule has 0 unspecified atom stereocenters. The van der Waals surface area contributed by atoms with E-state index in [1.807, 2.05) is 19.1 Å². The Bertz CT molecular complexity index is 556. The highest BCUT2D eigenvalue weighted by Gasteiger charge is 2.09. The number of aryl methyl sites for hydroxylation is 2. The van der Waals surface area contributed by atoms with E-state index in [0.29, 0.717) is 0 Å². The monoisotopic (exact) mass is 244 g/mol. The quantitative estimate of drug-likeness (QED) is 0.899. The van der Waals surface area contributed by atoms with Crippen molar-refractivity contribution in [2.75, 3.05) is 0 Å². The van der Waals surface area contributed by atoms with Gasteiger partial charge in [0.25, 0.3) is 0 Å². The smallest absolute Gasteiger partial charge is 0.325 e. The molecular weight excluding hydrogens is 228 g/mol. The van der Waals surface area contributed by atoms with Crippen molar-refractivity contribution in [3.8, 4) is 11.1 Å². The number of carbonyl (C=O) groups is 1. The van der Waals surface area contributed by atoms with Crippen molar-refractivity contribution in [1.82, 2.24) is 9.78 Å². The van der Waals surface area contributed by atoms with Gasteiger partial charge in [-0.2, -0.15) is 5.10 Å². The topological polar surface area (TPSA) is 55.1 Å². The third-order valence-corrected chi connectivity index (χ3v) is 2.92. The Balaban J connectivity index is 2.31. The van der Waals surface area contributed by atoms with E-state index < -0.39 is 5.97 Å². The first-order chi connectivity index (χ1) is 8.60. The molecule has 0 aliphatic rings. The van der Waals surface area contributed by atoms with Crippen LogP contribution < -0.4 is 0 Å². The van der Waals surface area contributed by atoms with E-state index in [1.165, 1.54) is 10.2 Å². The summed E-state index contributed by atoms with van der Waals surface area (Å²) >= 11 is 0. The molecule has 0 saturated heterocycles. The lowest BCUT2D eigenvalue weighted by Crippen LogP contribution is -2.08. The summed E-state index contributed by atoms with van der Waals surface area (Å²) in [7, 11) is 0. The zero-order chi connectivity index (χ0) is 13.1. The van der Waals surface area contributed by atoms with Crippen molar-refractivity contribution in [1.29, 1.82) is 0 Å². The van der Waals surface area contributed by atoms with Gasteiger partial charge in [-0.1, -0.05) is 31.2 Å². The van der Waals surface area contributed by atoms with Crippen molar-refractivity contribution >= 4 is 5.97 Å². The molecule has 2 rings (SSSR count). The van der Waals surface area contributed by atoms with Gasteiger partial charge in [0.2, 0.25) is 0 Å². The maximum Gasteiger partial charge on any atom is 0.325 e. The van der Waals surface area contributed by atoms with E-state index in [0.717, 1.165) is 23.2 Å². The molecule has 94 valence electrons. The molecule has 4 nitrogen and oxygen atoms in total. The SMILES string of the molecule is CCc1ccc(-c2cn(CC(=O)O)nc2C)cc1. The Kier molecular flexibility index (Phi) is 3.46. The summed E-state index contributed by atoms with van der Waals surface area (Å²) < 4.78 is 1.46. The molecule has 0 spiro atoms. The molecule has 0 fully saturated rings. The Morgan fingerprint density at radius 3 is 2.56 bits per heavy atom. The predicted octanol–water partition coefficient (Wildman–Crippen LogP) is 2.51. The summed E-state index contributed by atoms with van der Waals surface area (Å²) in [5.74, 6) is -0.884. The van der Waals surface area contributed by atoms with E-state index in [9.17, 15) is 4.79 Å². The molecule has 0 aliphatic carbocycles. The van der Waals surface area contributed by atoms with Crippen LogP contribution in [0, 0.1) is 6.92 Å². The van der Waals surface area contributed by atoms with E-state index in [2.05, 4.69) is 24.2 Å². The molecule has 2 aromatic rings. The molecule has 0 atom stereocenters. The minimum absolute atomic E-state index is 0.103. The number of carboxylic acids is 1. The summed E-state index contributed by atoms with van der Waals surface area (Å²) in [6.45, 7) is 3.90. The maximum atomic E-state index is 10.6. The van der Waals surface area contributed by atoms with Crippen LogP contribution in [0.5, 0.6) is 0 Å². The van der Waals surface area contributed by atoms with E-state index in [-0.39, 0.29) is 6.54 Å². The van der Waals surface area contributed by atoms with Gasteiger partial charge >= 0.3 is 5.97 Å². The molecular formula is C14H16N2O2. The molecule has 1 aromatic heterocycles. The van der Waals surface area contributed by atoms with Crippen molar-refractivity contribution in [3.05, 3.63) is 41.7 Å². The van der Waals surface area contributed by atoms with Gasteiger partial charge in [0.05, 0.1) is 5.69 Å². The average molecular weight is 244 g/mol. The molecule has 4 heteroatoms. The number of aliphatic carboxylic acids is 1. The number of hydrogen-bond acceptors (Lipinski definition) is 2. The fourth-order valence-electron chi connectivity index (χ4n) is 1.94. The number of aromatic nitrogens is 2. The molecule has 1 aromatic carbocycles. The van der Waals surface area contributed by atoms with Gasteiger partial charge in [-0.3, -0.25) is 9.48 Å². The van der Waals surface area contributed by atoms with Gasteiger partial charge in [-0.15, -0.1) is 0 Å². The van der Waals surface area contributed by atoms with Crippen LogP contribution in [-0.4, -0.2) is 20.9 Å². The molecule has 1 N–H and O–H groups in total.